The van der Waals surface area contributed by atoms with Crippen LogP contribution >= 0.6 is 11.3 Å². The summed E-state index contributed by atoms with van der Waals surface area (Å²) in [7, 11) is 0. The van der Waals surface area contributed by atoms with Gasteiger partial charge in [0.1, 0.15) is 6.33 Å². The van der Waals surface area contributed by atoms with Crippen LogP contribution in [0.3, 0.4) is 0 Å². The van der Waals surface area contributed by atoms with Crippen molar-refractivity contribution in [3.8, 4) is 17.1 Å². The molecule has 1 aromatic carbocycles. The number of nitrogens with one attached hydrogen (secondary N) is 1. The minimum absolute atomic E-state index is 0.260. The highest BCUT2D eigenvalue weighted by Gasteiger charge is 2.09. The van der Waals surface area contributed by atoms with E-state index in [4.69, 9.17) is 0 Å². The number of fused-ring (bicyclic) bond motifs is 1. The summed E-state index contributed by atoms with van der Waals surface area (Å²) in [4.78, 5) is 24.9. The van der Waals surface area contributed by atoms with Gasteiger partial charge in [0, 0.05) is 16.6 Å². The molecule has 0 saturated carbocycles. The van der Waals surface area contributed by atoms with Crippen LogP contribution in [0.5, 0.6) is 0 Å². The zero-order valence-corrected chi connectivity index (χ0v) is 13.9. The minimum atomic E-state index is -0.260. The van der Waals surface area contributed by atoms with Gasteiger partial charge in [0.15, 0.2) is 5.82 Å². The molecule has 25 heavy (non-hydrogen) atoms. The molecule has 0 atom stereocenters. The van der Waals surface area contributed by atoms with Gasteiger partial charge in [-0.1, -0.05) is 6.58 Å². The van der Waals surface area contributed by atoms with Crippen LogP contribution in [0, 0.1) is 0 Å². The van der Waals surface area contributed by atoms with Crippen molar-refractivity contribution in [1.29, 1.82) is 0 Å². The molecule has 0 aliphatic carbocycles. The molecule has 0 aliphatic rings. The lowest BCUT2D eigenvalue weighted by molar-refractivity contribution is -0.111. The van der Waals surface area contributed by atoms with Crippen LogP contribution in [0.25, 0.3) is 28.1 Å². The van der Waals surface area contributed by atoms with Crippen molar-refractivity contribution in [2.75, 3.05) is 5.32 Å². The van der Waals surface area contributed by atoms with Gasteiger partial charge in [0.05, 0.1) is 29.1 Å². The third kappa shape index (κ3) is 2.92. The maximum absolute atomic E-state index is 11.5. The van der Waals surface area contributed by atoms with Crippen LogP contribution in [0.4, 0.5) is 5.69 Å². The normalized spacial score (nSPS) is 10.7. The van der Waals surface area contributed by atoms with Crippen molar-refractivity contribution in [1.82, 2.24) is 19.5 Å². The van der Waals surface area contributed by atoms with E-state index in [2.05, 4.69) is 26.8 Å². The third-order valence-corrected chi connectivity index (χ3v) is 4.37. The van der Waals surface area contributed by atoms with Gasteiger partial charge in [0.2, 0.25) is 5.91 Å². The fourth-order valence-corrected chi connectivity index (χ4v) is 3.13. The van der Waals surface area contributed by atoms with E-state index in [1.807, 2.05) is 33.5 Å². The molecule has 4 aromatic rings. The molecule has 0 fully saturated rings. The van der Waals surface area contributed by atoms with E-state index in [0.717, 1.165) is 22.3 Å². The van der Waals surface area contributed by atoms with Gasteiger partial charge < -0.3 is 5.32 Å². The Bertz CT molecular complexity index is 1070. The van der Waals surface area contributed by atoms with E-state index >= 15 is 0 Å². The predicted octanol–water partition coefficient (Wildman–Crippen LogP) is 3.67. The quantitative estimate of drug-likeness (QED) is 0.572. The van der Waals surface area contributed by atoms with E-state index in [-0.39, 0.29) is 5.91 Å². The standard InChI is InChI=1S/C18H13N5OS/c1-2-18(24)21-13-3-4-14-16(7-13)23(11-20-14)17-9-19-8-15(22-17)12-5-6-25-10-12/h2-11H,1H2,(H,21,24). The second-order valence-electron chi connectivity index (χ2n) is 5.29. The van der Waals surface area contributed by atoms with Crippen LogP contribution in [0.15, 0.2) is 66.4 Å². The molecule has 0 aliphatic heterocycles. The van der Waals surface area contributed by atoms with Crippen molar-refractivity contribution in [3.05, 3.63) is 66.4 Å². The highest BCUT2D eigenvalue weighted by atomic mass is 32.1. The van der Waals surface area contributed by atoms with Gasteiger partial charge >= 0.3 is 0 Å². The maximum Gasteiger partial charge on any atom is 0.247 e. The van der Waals surface area contributed by atoms with Crippen molar-refractivity contribution in [2.45, 2.75) is 0 Å². The largest absolute Gasteiger partial charge is 0.322 e. The number of rotatable bonds is 4. The minimum Gasteiger partial charge on any atom is -0.322 e. The van der Waals surface area contributed by atoms with Crippen LogP contribution in [-0.2, 0) is 4.79 Å². The number of anilines is 1. The van der Waals surface area contributed by atoms with Crippen molar-refractivity contribution in [3.63, 3.8) is 0 Å². The number of nitrogens with zero attached hydrogens (tertiary/aromatic N) is 4. The Morgan fingerprint density at radius 1 is 1.28 bits per heavy atom. The van der Waals surface area contributed by atoms with Gasteiger partial charge in [-0.25, -0.2) is 9.97 Å². The topological polar surface area (TPSA) is 72.7 Å². The Labute approximate surface area is 147 Å². The Balaban J connectivity index is 1.79. The van der Waals surface area contributed by atoms with Gasteiger partial charge in [-0.3, -0.25) is 14.3 Å². The fourth-order valence-electron chi connectivity index (χ4n) is 2.48. The molecule has 1 N–H and O–H groups in total. The number of carbonyl (C=O) groups excluding carboxylic acids is 1. The van der Waals surface area contributed by atoms with E-state index < -0.39 is 0 Å². The number of benzene rings is 1. The maximum atomic E-state index is 11.5. The van der Waals surface area contributed by atoms with Crippen LogP contribution < -0.4 is 5.32 Å². The Morgan fingerprint density at radius 3 is 3.00 bits per heavy atom. The first-order chi connectivity index (χ1) is 12.2. The smallest absolute Gasteiger partial charge is 0.247 e. The molecule has 4 rings (SSSR count). The number of hydrogen-bond donors (Lipinski definition) is 1. The highest BCUT2D eigenvalue weighted by molar-refractivity contribution is 7.08. The number of aromatic nitrogens is 4. The second-order valence-corrected chi connectivity index (χ2v) is 6.07. The van der Waals surface area contributed by atoms with Crippen molar-refractivity contribution >= 4 is 34.0 Å². The van der Waals surface area contributed by atoms with Crippen LogP contribution in [0.1, 0.15) is 0 Å². The summed E-state index contributed by atoms with van der Waals surface area (Å²) in [5.41, 5.74) is 4.14. The monoisotopic (exact) mass is 347 g/mol. The lowest BCUT2D eigenvalue weighted by Crippen LogP contribution is -2.07. The van der Waals surface area contributed by atoms with Crippen molar-refractivity contribution < 1.29 is 4.79 Å². The van der Waals surface area contributed by atoms with Crippen LogP contribution in [-0.4, -0.2) is 25.4 Å². The summed E-state index contributed by atoms with van der Waals surface area (Å²) in [5.74, 6) is 0.406. The summed E-state index contributed by atoms with van der Waals surface area (Å²) in [6.45, 7) is 3.46. The summed E-state index contributed by atoms with van der Waals surface area (Å²) >= 11 is 1.61. The molecule has 3 aromatic heterocycles. The summed E-state index contributed by atoms with van der Waals surface area (Å²) < 4.78 is 1.85. The van der Waals surface area contributed by atoms with E-state index in [9.17, 15) is 4.79 Å². The number of amides is 1. The predicted molar refractivity (Wildman–Crippen MR) is 98.8 cm³/mol. The molecule has 3 heterocycles. The second kappa shape index (κ2) is 6.29. The molecule has 7 heteroatoms. The molecule has 0 saturated heterocycles. The molecule has 0 radical (unpaired) electrons. The van der Waals surface area contributed by atoms with E-state index in [1.54, 1.807) is 36.1 Å². The lowest BCUT2D eigenvalue weighted by Gasteiger charge is -2.06. The Morgan fingerprint density at radius 2 is 2.20 bits per heavy atom. The summed E-state index contributed by atoms with van der Waals surface area (Å²) in [6.07, 6.45) is 6.36. The van der Waals surface area contributed by atoms with Gasteiger partial charge in [-0.15, -0.1) is 0 Å². The average molecular weight is 347 g/mol. The van der Waals surface area contributed by atoms with E-state index in [0.29, 0.717) is 11.5 Å². The van der Waals surface area contributed by atoms with Crippen molar-refractivity contribution in [2.24, 2.45) is 0 Å². The highest BCUT2D eigenvalue weighted by Crippen LogP contribution is 2.23. The molecule has 6 nitrogen and oxygen atoms in total. The third-order valence-electron chi connectivity index (χ3n) is 3.69. The van der Waals surface area contributed by atoms with E-state index in [1.165, 1.54) is 6.08 Å². The number of thiophene rings is 1. The summed E-state index contributed by atoms with van der Waals surface area (Å²) in [6, 6.07) is 7.51. The van der Waals surface area contributed by atoms with Gasteiger partial charge in [-0.2, -0.15) is 11.3 Å². The van der Waals surface area contributed by atoms with Gasteiger partial charge in [-0.05, 0) is 35.7 Å². The first kappa shape index (κ1) is 15.2. The average Bonchev–Trinajstić information content (AvgIpc) is 3.31. The Kier molecular flexibility index (Phi) is 3.83. The molecular formula is C18H13N5OS. The zero-order chi connectivity index (χ0) is 17.2. The summed E-state index contributed by atoms with van der Waals surface area (Å²) in [5, 5.41) is 6.79. The molecule has 0 spiro atoms. The molecule has 122 valence electrons. The first-order valence-corrected chi connectivity index (χ1v) is 8.44. The fraction of sp³-hybridized carbons (Fsp3) is 0. The SMILES string of the molecule is C=CC(=O)Nc1ccc2ncn(-c3cncc(-c4ccsc4)n3)c2c1. The lowest BCUT2D eigenvalue weighted by atomic mass is 10.2. The number of imidazole rings is 1. The number of hydrogen-bond acceptors (Lipinski definition) is 5. The Hall–Kier alpha value is -3.32. The van der Waals surface area contributed by atoms with Crippen LogP contribution in [0.2, 0.25) is 0 Å². The van der Waals surface area contributed by atoms with Gasteiger partial charge in [0.25, 0.3) is 0 Å². The molecule has 0 unspecified atom stereocenters. The first-order valence-electron chi connectivity index (χ1n) is 7.50. The molecule has 0 bridgehead atoms. The molecule has 1 amide bonds. The zero-order valence-electron chi connectivity index (χ0n) is 13.1. The molecular weight excluding hydrogens is 334 g/mol. The number of carbonyl (C=O) groups is 1.